The Morgan fingerprint density at radius 1 is 0.376 bits per heavy atom. The van der Waals surface area contributed by atoms with E-state index in [0.717, 1.165) is 64.5 Å². The van der Waals surface area contributed by atoms with Crippen molar-refractivity contribution in [1.82, 2.24) is 129 Å². The molecule has 458 valence electrons. The van der Waals surface area contributed by atoms with Crippen molar-refractivity contribution in [3.05, 3.63) is 148 Å². The Morgan fingerprint density at radius 3 is 1.08 bits per heavy atom. The number of hydrogen-bond acceptors (Lipinski definition) is 39. The summed E-state index contributed by atoms with van der Waals surface area (Å²) < 4.78 is 51.0. The van der Waals surface area contributed by atoms with Crippen LogP contribution in [0.15, 0.2) is 68.6 Å². The molecule has 0 radical (unpaired) electrons. The van der Waals surface area contributed by atoms with Crippen molar-refractivity contribution in [3.8, 4) is 0 Å². The summed E-state index contributed by atoms with van der Waals surface area (Å²) in [5.41, 5.74) is 5.25. The molecule has 0 unspecified atom stereocenters. The van der Waals surface area contributed by atoms with Gasteiger partial charge in [0, 0.05) is 41.5 Å². The fourth-order valence-electron chi connectivity index (χ4n) is 4.00. The summed E-state index contributed by atoms with van der Waals surface area (Å²) in [5, 5.41) is 59.4. The number of aromatic nitrogens is 26. The second kappa shape index (κ2) is 44.9. The Bertz CT molecular complexity index is 2840. The molecule has 85 heavy (non-hydrogen) atoms. The lowest BCUT2D eigenvalue weighted by atomic mass is 10.4. The van der Waals surface area contributed by atoms with Crippen LogP contribution in [0.2, 0.25) is 0 Å². The molecule has 0 aliphatic rings. The van der Waals surface area contributed by atoms with Gasteiger partial charge in [0.15, 0.2) is 18.0 Å². The zero-order valence-corrected chi connectivity index (χ0v) is 55.3. The van der Waals surface area contributed by atoms with Gasteiger partial charge in [-0.3, -0.25) is 0 Å². The first-order valence-electron chi connectivity index (χ1n) is 24.2. The molecule has 0 aliphatic heterocycles. The molecule has 0 N–H and O–H groups in total. The summed E-state index contributed by atoms with van der Waals surface area (Å²) in [4.78, 5) is 23.2. The molecule has 0 aromatic carbocycles. The minimum Gasteiger partial charge on any atom is -0.428 e. The maximum Gasteiger partial charge on any atom is 0.223 e. The lowest BCUT2D eigenvalue weighted by Gasteiger charge is -1.71. The summed E-state index contributed by atoms with van der Waals surface area (Å²) in [7, 11) is 0. The summed E-state index contributed by atoms with van der Waals surface area (Å²) in [6.07, 6.45) is 7.52. The number of nitrogens with zero attached hydrogens (tertiary/aromatic N) is 26. The highest BCUT2D eigenvalue weighted by Crippen LogP contribution is 2.04. The van der Waals surface area contributed by atoms with E-state index in [4.69, 9.17) is 4.42 Å². The van der Waals surface area contributed by atoms with Gasteiger partial charge in [0.05, 0.1) is 29.8 Å². The highest BCUT2D eigenvalue weighted by atomic mass is 32.1. The highest BCUT2D eigenvalue weighted by molar-refractivity contribution is 7.11. The fourth-order valence-corrected chi connectivity index (χ4v) is 6.66. The quantitative estimate of drug-likeness (QED) is 0.136. The minimum absolute atomic E-state index is 0.606. The summed E-state index contributed by atoms with van der Waals surface area (Å²) in [5.74, 6) is 6.84. The van der Waals surface area contributed by atoms with Crippen molar-refractivity contribution < 1.29 is 31.7 Å². The fraction of sp³-hybridized carbons (Fsp3) is 0.435. The van der Waals surface area contributed by atoms with Gasteiger partial charge in [0.2, 0.25) is 41.7 Å². The molecule has 0 saturated carbocycles. The van der Waals surface area contributed by atoms with Gasteiger partial charge >= 0.3 is 0 Å². The largest absolute Gasteiger partial charge is 0.428 e. The van der Waals surface area contributed by atoms with Crippen molar-refractivity contribution in [1.29, 1.82) is 0 Å². The van der Waals surface area contributed by atoms with Gasteiger partial charge < -0.3 is 22.4 Å². The first-order valence-corrected chi connectivity index (χ1v) is 28.9. The van der Waals surface area contributed by atoms with Gasteiger partial charge in [-0.1, -0.05) is 36.1 Å². The third kappa shape index (κ3) is 42.8. The van der Waals surface area contributed by atoms with E-state index >= 15 is 0 Å². The molecular formula is C46H66N26O7S6. The Kier molecular flexibility index (Phi) is 39.2. The topological polar surface area (TPSA) is 427 Å². The molecule has 13 heterocycles. The maximum absolute atomic E-state index is 4.86. The van der Waals surface area contributed by atoms with E-state index in [0.29, 0.717) is 47.0 Å². The molecule has 13 aromatic rings. The van der Waals surface area contributed by atoms with E-state index in [1.54, 1.807) is 102 Å². The van der Waals surface area contributed by atoms with Crippen molar-refractivity contribution >= 4 is 69.0 Å². The highest BCUT2D eigenvalue weighted by Gasteiger charge is 1.95. The van der Waals surface area contributed by atoms with Gasteiger partial charge in [-0.25, -0.2) is 24.2 Å². The van der Waals surface area contributed by atoms with Crippen molar-refractivity contribution in [3.63, 3.8) is 0 Å². The summed E-state index contributed by atoms with van der Waals surface area (Å²) in [6, 6.07) is 0. The summed E-state index contributed by atoms with van der Waals surface area (Å²) in [6.45, 7) is 37.0. The number of hydrogen-bond donors (Lipinski definition) is 0. The van der Waals surface area contributed by atoms with E-state index in [1.807, 2.05) is 83.1 Å². The molecule has 13 rings (SSSR count). The predicted octanol–water partition coefficient (Wildman–Crippen LogP) is 9.88. The second-order valence-corrected chi connectivity index (χ2v) is 21.4. The van der Waals surface area contributed by atoms with Gasteiger partial charge in [-0.2, -0.15) is 36.8 Å². The Morgan fingerprint density at radius 2 is 0.953 bits per heavy atom. The van der Waals surface area contributed by atoms with Gasteiger partial charge in [0.1, 0.15) is 70.6 Å². The lowest BCUT2D eigenvalue weighted by molar-refractivity contribution is 0.302. The molecule has 0 spiro atoms. The van der Waals surface area contributed by atoms with Gasteiger partial charge in [0.25, 0.3) is 0 Å². The molecule has 0 aliphatic carbocycles. The zero-order valence-electron chi connectivity index (χ0n) is 50.4. The average molecular weight is 1290 g/mol. The minimum atomic E-state index is 0.606. The van der Waals surface area contributed by atoms with Crippen LogP contribution in [0.5, 0.6) is 0 Å². The van der Waals surface area contributed by atoms with Crippen LogP contribution in [0.3, 0.4) is 0 Å². The SMILES string of the molecule is Cc1cnon1.Cc1cnsn1.Cc1ncno1.Cc1ncns1.Cc1nnc(C)o1.Cc1nnc(C)s1.Cc1nnco1.Cc1nncs1.Cc1noc(C)n1.Cc1noc(C)n1.Cc1nonc1C.Cc1nsc(C)n1.Cc1nsc(C)n1. The van der Waals surface area contributed by atoms with Crippen LogP contribution < -0.4 is 0 Å². The van der Waals surface area contributed by atoms with E-state index in [9.17, 15) is 0 Å². The molecular weight excluding hydrogens is 1220 g/mol. The van der Waals surface area contributed by atoms with Crippen LogP contribution in [-0.2, 0) is 0 Å². The predicted molar refractivity (Wildman–Crippen MR) is 314 cm³/mol. The van der Waals surface area contributed by atoms with Crippen LogP contribution in [0, 0.1) is 138 Å². The van der Waals surface area contributed by atoms with E-state index < -0.39 is 0 Å². The molecule has 0 bridgehead atoms. The number of aryl methyl sites for hydroxylation is 20. The molecule has 0 amide bonds. The third-order valence-electron chi connectivity index (χ3n) is 7.47. The molecule has 0 fully saturated rings. The average Bonchev–Trinajstić information content (AvgIpc) is 4.28. The van der Waals surface area contributed by atoms with Crippen LogP contribution in [0.25, 0.3) is 0 Å². The number of rotatable bonds is 0. The Balaban J connectivity index is 0.000000461. The normalized spacial score (nSPS) is 9.18. The molecule has 0 atom stereocenters. The maximum atomic E-state index is 4.86. The first kappa shape index (κ1) is 74.4. The van der Waals surface area contributed by atoms with Crippen LogP contribution in [0.1, 0.15) is 111 Å². The van der Waals surface area contributed by atoms with Crippen molar-refractivity contribution in [2.75, 3.05) is 0 Å². The third-order valence-corrected chi connectivity index (χ3v) is 11.4. The van der Waals surface area contributed by atoms with E-state index in [2.05, 4.69) is 156 Å². The van der Waals surface area contributed by atoms with Crippen molar-refractivity contribution in [2.24, 2.45) is 0 Å². The van der Waals surface area contributed by atoms with Crippen molar-refractivity contribution in [2.45, 2.75) is 138 Å². The van der Waals surface area contributed by atoms with Crippen LogP contribution in [-0.4, -0.2) is 129 Å². The Hall–Kier alpha value is -8.66. The summed E-state index contributed by atoms with van der Waals surface area (Å²) >= 11 is 8.72. The van der Waals surface area contributed by atoms with Gasteiger partial charge in [-0.05, 0) is 132 Å². The zero-order chi connectivity index (χ0) is 63.4. The first-order chi connectivity index (χ1) is 40.4. The van der Waals surface area contributed by atoms with Crippen LogP contribution >= 0.6 is 69.0 Å². The monoisotopic (exact) mass is 1290 g/mol. The molecule has 0 saturated heterocycles. The Labute approximate surface area is 513 Å². The van der Waals surface area contributed by atoms with E-state index in [1.165, 1.54) is 59.0 Å². The molecule has 39 heteroatoms. The van der Waals surface area contributed by atoms with Gasteiger partial charge in [-0.15, -0.1) is 63.5 Å². The smallest absolute Gasteiger partial charge is 0.223 e. The molecule has 13 aromatic heterocycles. The lowest BCUT2D eigenvalue weighted by Crippen LogP contribution is -1.71. The van der Waals surface area contributed by atoms with E-state index in [-0.39, 0.29) is 0 Å². The standard InChI is InChI=1S/4C4H6N2O.3C4H6N2S.3C3H4N2O.3C3H4N2S/c1-3-5-6-4(2)7-3;2*1-3-5-4(2)7-6-3;1-3-4(2)6-7-5-3;1-3-5-6-4(2)7-3;2*1-3-5-4(2)7-6-3;1-3-5-4-2-6-3;1-3-4-2-5-6-3;1-3-2-4-6-5-3;1-3-5-4-2-6-3;1-3-4-2-5-6-3;1-3-2-4-6-5-3/h7*1-2H3;6*2H,1H3. The van der Waals surface area contributed by atoms with Crippen LogP contribution in [0.4, 0.5) is 0 Å². The molecule has 33 nitrogen and oxygen atoms in total. The second-order valence-electron chi connectivity index (χ2n) is 15.5.